The molecule has 4 rings (SSSR count). The number of benzene rings is 2. The third-order valence-electron chi connectivity index (χ3n) is 6.68. The fourth-order valence-corrected chi connectivity index (χ4v) is 4.74. The van der Waals surface area contributed by atoms with Gasteiger partial charge in [-0.05, 0) is 66.9 Å². The van der Waals surface area contributed by atoms with Crippen LogP contribution < -0.4 is 14.2 Å². The molecule has 196 valence electrons. The van der Waals surface area contributed by atoms with Gasteiger partial charge in [0.2, 0.25) is 5.75 Å². The molecule has 3 aromatic rings. The Balaban J connectivity index is 1.26. The summed E-state index contributed by atoms with van der Waals surface area (Å²) in [4.78, 5) is 9.69. The van der Waals surface area contributed by atoms with Gasteiger partial charge in [-0.1, -0.05) is 35.9 Å². The molecule has 2 heterocycles. The minimum atomic E-state index is 0.584. The zero-order valence-corrected chi connectivity index (χ0v) is 22.7. The van der Waals surface area contributed by atoms with Crippen LogP contribution in [0.4, 0.5) is 0 Å². The second-order valence-corrected chi connectivity index (χ2v) is 9.61. The number of allylic oxidation sites excluding steroid dienone is 1. The minimum Gasteiger partial charge on any atom is -0.493 e. The lowest BCUT2D eigenvalue weighted by Crippen LogP contribution is -2.46. The fraction of sp³-hybridized carbons (Fsp3) is 0.367. The van der Waals surface area contributed by atoms with E-state index in [1.807, 2.05) is 30.5 Å². The van der Waals surface area contributed by atoms with Crippen LogP contribution in [0.5, 0.6) is 17.2 Å². The molecule has 1 aliphatic rings. The van der Waals surface area contributed by atoms with E-state index in [9.17, 15) is 0 Å². The number of halogens is 1. The second kappa shape index (κ2) is 13.5. The van der Waals surface area contributed by atoms with Crippen LogP contribution in [-0.2, 0) is 6.54 Å². The lowest BCUT2D eigenvalue weighted by atomic mass is 10.1. The monoisotopic (exact) mass is 521 g/mol. The van der Waals surface area contributed by atoms with Gasteiger partial charge < -0.3 is 19.1 Å². The summed E-state index contributed by atoms with van der Waals surface area (Å²) in [5.74, 6) is 1.83. The predicted molar refractivity (Wildman–Crippen MR) is 151 cm³/mol. The number of pyridine rings is 1. The van der Waals surface area contributed by atoms with Gasteiger partial charge in [0.25, 0.3) is 0 Å². The quantitative estimate of drug-likeness (QED) is 0.287. The molecule has 0 spiro atoms. The summed E-state index contributed by atoms with van der Waals surface area (Å²) < 4.78 is 16.5. The van der Waals surface area contributed by atoms with Gasteiger partial charge in [-0.2, -0.15) is 0 Å². The Kier molecular flexibility index (Phi) is 9.83. The van der Waals surface area contributed by atoms with Crippen molar-refractivity contribution in [3.63, 3.8) is 0 Å². The summed E-state index contributed by atoms with van der Waals surface area (Å²) in [5.41, 5.74) is 4.27. The summed E-state index contributed by atoms with van der Waals surface area (Å²) in [6.45, 7) is 6.40. The first-order valence-electron chi connectivity index (χ1n) is 12.7. The van der Waals surface area contributed by atoms with Crippen molar-refractivity contribution in [2.45, 2.75) is 19.4 Å². The predicted octanol–water partition coefficient (Wildman–Crippen LogP) is 6.04. The lowest BCUT2D eigenvalue weighted by molar-refractivity contribution is 0.126. The smallest absolute Gasteiger partial charge is 0.203 e. The van der Waals surface area contributed by atoms with Crippen molar-refractivity contribution in [1.82, 2.24) is 14.8 Å². The van der Waals surface area contributed by atoms with Crippen molar-refractivity contribution in [2.75, 3.05) is 54.1 Å². The maximum Gasteiger partial charge on any atom is 0.203 e. The Morgan fingerprint density at radius 2 is 1.54 bits per heavy atom. The average Bonchev–Trinajstić information content (AvgIpc) is 2.94. The van der Waals surface area contributed by atoms with Crippen molar-refractivity contribution in [3.05, 3.63) is 77.0 Å². The lowest BCUT2D eigenvalue weighted by Gasteiger charge is -2.34. The number of methoxy groups -OCH3 is 3. The second-order valence-electron chi connectivity index (χ2n) is 9.18. The SMILES string of the molecule is COc1cc(-c2cc(CN3CCN(CCCC=Cc4ccc(Cl)cc4)CC3)ccn2)cc(OC)c1OC. The first-order chi connectivity index (χ1) is 18.1. The summed E-state index contributed by atoms with van der Waals surface area (Å²) in [6.07, 6.45) is 8.57. The molecule has 1 aromatic heterocycles. The maximum atomic E-state index is 5.95. The number of nitrogens with zero attached hydrogens (tertiary/aromatic N) is 3. The first-order valence-corrected chi connectivity index (χ1v) is 13.1. The van der Waals surface area contributed by atoms with Gasteiger partial charge in [0.15, 0.2) is 11.5 Å². The molecule has 0 bridgehead atoms. The largest absolute Gasteiger partial charge is 0.493 e. The van der Waals surface area contributed by atoms with E-state index in [0.717, 1.165) is 62.0 Å². The highest BCUT2D eigenvalue weighted by Crippen LogP contribution is 2.40. The van der Waals surface area contributed by atoms with Crippen molar-refractivity contribution in [2.24, 2.45) is 0 Å². The minimum absolute atomic E-state index is 0.584. The average molecular weight is 522 g/mol. The molecule has 0 unspecified atom stereocenters. The van der Waals surface area contributed by atoms with Gasteiger partial charge in [-0.25, -0.2) is 0 Å². The summed E-state index contributed by atoms with van der Waals surface area (Å²) in [6, 6.07) is 16.1. The van der Waals surface area contributed by atoms with Crippen molar-refractivity contribution < 1.29 is 14.2 Å². The molecule has 37 heavy (non-hydrogen) atoms. The van der Waals surface area contributed by atoms with Gasteiger partial charge in [-0.3, -0.25) is 9.88 Å². The van der Waals surface area contributed by atoms with Gasteiger partial charge in [-0.15, -0.1) is 0 Å². The van der Waals surface area contributed by atoms with Crippen LogP contribution in [0.3, 0.4) is 0 Å². The number of piperazine rings is 1. The van der Waals surface area contributed by atoms with Crippen LogP contribution in [0.15, 0.2) is 60.8 Å². The Labute approximate surface area is 225 Å². The molecule has 1 saturated heterocycles. The number of hydrogen-bond donors (Lipinski definition) is 0. The molecule has 0 N–H and O–H groups in total. The van der Waals surface area contributed by atoms with Crippen LogP contribution in [-0.4, -0.2) is 68.8 Å². The highest BCUT2D eigenvalue weighted by Gasteiger charge is 2.18. The first kappa shape index (κ1) is 27.0. The van der Waals surface area contributed by atoms with Crippen LogP contribution in [0.2, 0.25) is 5.02 Å². The molecule has 7 heteroatoms. The summed E-state index contributed by atoms with van der Waals surface area (Å²) >= 11 is 5.95. The third-order valence-corrected chi connectivity index (χ3v) is 6.93. The van der Waals surface area contributed by atoms with E-state index in [1.54, 1.807) is 21.3 Å². The van der Waals surface area contributed by atoms with Crippen LogP contribution >= 0.6 is 11.6 Å². The Hall–Kier alpha value is -3.06. The summed E-state index contributed by atoms with van der Waals surface area (Å²) in [5, 5.41) is 0.777. The molecule has 0 amide bonds. The van der Waals surface area contributed by atoms with Crippen molar-refractivity contribution >= 4 is 17.7 Å². The van der Waals surface area contributed by atoms with E-state index in [1.165, 1.54) is 17.5 Å². The van der Waals surface area contributed by atoms with E-state index in [4.69, 9.17) is 25.8 Å². The molecule has 0 atom stereocenters. The van der Waals surface area contributed by atoms with Gasteiger partial charge >= 0.3 is 0 Å². The zero-order valence-electron chi connectivity index (χ0n) is 22.0. The Morgan fingerprint density at radius 3 is 2.19 bits per heavy atom. The van der Waals surface area contributed by atoms with Crippen LogP contribution in [0.25, 0.3) is 17.3 Å². The highest BCUT2D eigenvalue weighted by atomic mass is 35.5. The molecular weight excluding hydrogens is 486 g/mol. The molecule has 0 saturated carbocycles. The topological polar surface area (TPSA) is 47.1 Å². The highest BCUT2D eigenvalue weighted by molar-refractivity contribution is 6.30. The fourth-order valence-electron chi connectivity index (χ4n) is 4.61. The maximum absolute atomic E-state index is 5.95. The Bertz CT molecular complexity index is 1150. The normalized spacial score (nSPS) is 14.7. The number of hydrogen-bond acceptors (Lipinski definition) is 6. The van der Waals surface area contributed by atoms with E-state index < -0.39 is 0 Å². The number of aromatic nitrogens is 1. The van der Waals surface area contributed by atoms with E-state index in [2.05, 4.69) is 51.2 Å². The van der Waals surface area contributed by atoms with Gasteiger partial charge in [0.1, 0.15) is 0 Å². The number of ether oxygens (including phenoxy) is 3. The third kappa shape index (κ3) is 7.48. The van der Waals surface area contributed by atoms with E-state index >= 15 is 0 Å². The van der Waals surface area contributed by atoms with Gasteiger partial charge in [0, 0.05) is 49.5 Å². The van der Waals surface area contributed by atoms with Crippen molar-refractivity contribution in [3.8, 4) is 28.5 Å². The molecule has 1 aliphatic heterocycles. The van der Waals surface area contributed by atoms with Crippen LogP contribution in [0.1, 0.15) is 24.0 Å². The van der Waals surface area contributed by atoms with Crippen LogP contribution in [0, 0.1) is 0 Å². The zero-order chi connectivity index (χ0) is 26.0. The molecular formula is C30H36ClN3O3. The summed E-state index contributed by atoms with van der Waals surface area (Å²) in [7, 11) is 4.87. The molecule has 0 aliphatic carbocycles. The van der Waals surface area contributed by atoms with Crippen molar-refractivity contribution in [1.29, 1.82) is 0 Å². The Morgan fingerprint density at radius 1 is 0.865 bits per heavy atom. The molecule has 6 nitrogen and oxygen atoms in total. The standard InChI is InChI=1S/C30H36ClN3O3/c1-35-28-20-25(21-29(36-2)30(28)37-3)27-19-24(12-13-32-27)22-34-17-15-33(16-18-34)14-6-4-5-7-23-8-10-26(31)11-9-23/h5,7-13,19-21H,4,6,14-18,22H2,1-3H3. The number of rotatable bonds is 11. The van der Waals surface area contributed by atoms with E-state index in [-0.39, 0.29) is 0 Å². The molecule has 0 radical (unpaired) electrons. The van der Waals surface area contributed by atoms with Gasteiger partial charge in [0.05, 0.1) is 27.0 Å². The molecule has 1 fully saturated rings. The van der Waals surface area contributed by atoms with E-state index in [0.29, 0.717) is 17.2 Å². The molecule has 2 aromatic carbocycles. The number of unbranched alkanes of at least 4 members (excludes halogenated alkanes) is 1.